The molecule has 64 valence electrons. The molecular formula is C10H11FO. The summed E-state index contributed by atoms with van der Waals surface area (Å²) in [5, 5.41) is 0. The van der Waals surface area contributed by atoms with E-state index in [1.807, 2.05) is 30.3 Å². The molecule has 1 aliphatic heterocycles. The van der Waals surface area contributed by atoms with Crippen LogP contribution < -0.4 is 0 Å². The zero-order chi connectivity index (χ0) is 8.39. The molecular weight excluding hydrogens is 155 g/mol. The van der Waals surface area contributed by atoms with Crippen LogP contribution in [0, 0.1) is 0 Å². The van der Waals surface area contributed by atoms with Gasteiger partial charge in [0.1, 0.15) is 12.3 Å². The minimum atomic E-state index is -0.826. The summed E-state index contributed by atoms with van der Waals surface area (Å²) in [7, 11) is 0. The SMILES string of the molecule is F[C@@H]1CCO[C@H]1c1ccccc1. The highest BCUT2D eigenvalue weighted by Crippen LogP contribution is 2.30. The number of hydrogen-bond acceptors (Lipinski definition) is 1. The van der Waals surface area contributed by atoms with Crippen molar-refractivity contribution >= 4 is 0 Å². The fraction of sp³-hybridized carbons (Fsp3) is 0.400. The van der Waals surface area contributed by atoms with Crippen LogP contribution >= 0.6 is 0 Å². The minimum Gasteiger partial charge on any atom is -0.370 e. The van der Waals surface area contributed by atoms with Gasteiger partial charge in [-0.25, -0.2) is 4.39 Å². The molecule has 2 atom stereocenters. The van der Waals surface area contributed by atoms with Gasteiger partial charge in [-0.3, -0.25) is 0 Å². The fourth-order valence-electron chi connectivity index (χ4n) is 1.51. The molecule has 1 saturated heterocycles. The number of benzene rings is 1. The van der Waals surface area contributed by atoms with Gasteiger partial charge in [-0.1, -0.05) is 30.3 Å². The molecule has 1 aliphatic rings. The lowest BCUT2D eigenvalue weighted by Gasteiger charge is -2.11. The third-order valence-electron chi connectivity index (χ3n) is 2.15. The summed E-state index contributed by atoms with van der Waals surface area (Å²) in [5.74, 6) is 0. The Kier molecular flexibility index (Phi) is 2.09. The Bertz CT molecular complexity index is 247. The summed E-state index contributed by atoms with van der Waals surface area (Å²) in [6, 6.07) is 9.55. The van der Waals surface area contributed by atoms with Gasteiger partial charge in [0, 0.05) is 6.42 Å². The Morgan fingerprint density at radius 1 is 1.25 bits per heavy atom. The number of halogens is 1. The van der Waals surface area contributed by atoms with Gasteiger partial charge in [0.05, 0.1) is 6.61 Å². The van der Waals surface area contributed by atoms with Gasteiger partial charge in [0.2, 0.25) is 0 Å². The summed E-state index contributed by atoms with van der Waals surface area (Å²) >= 11 is 0. The zero-order valence-electron chi connectivity index (χ0n) is 6.74. The first-order valence-corrected chi connectivity index (χ1v) is 4.18. The van der Waals surface area contributed by atoms with Gasteiger partial charge in [0.25, 0.3) is 0 Å². The molecule has 1 nitrogen and oxygen atoms in total. The van der Waals surface area contributed by atoms with Crippen molar-refractivity contribution in [1.82, 2.24) is 0 Å². The Morgan fingerprint density at radius 2 is 2.00 bits per heavy atom. The number of alkyl halides is 1. The maximum atomic E-state index is 13.1. The predicted octanol–water partition coefficient (Wildman–Crippen LogP) is 2.49. The number of ether oxygens (including phenoxy) is 1. The van der Waals surface area contributed by atoms with Crippen LogP contribution in [0.2, 0.25) is 0 Å². The molecule has 0 aliphatic carbocycles. The van der Waals surface area contributed by atoms with Gasteiger partial charge in [-0.05, 0) is 5.56 Å². The van der Waals surface area contributed by atoms with E-state index >= 15 is 0 Å². The zero-order valence-corrected chi connectivity index (χ0v) is 6.74. The smallest absolute Gasteiger partial charge is 0.133 e. The van der Waals surface area contributed by atoms with Crippen molar-refractivity contribution in [3.63, 3.8) is 0 Å². The van der Waals surface area contributed by atoms with Crippen LogP contribution in [0.3, 0.4) is 0 Å². The van der Waals surface area contributed by atoms with E-state index in [0.717, 1.165) is 5.56 Å². The van der Waals surface area contributed by atoms with Gasteiger partial charge >= 0.3 is 0 Å². The van der Waals surface area contributed by atoms with Crippen LogP contribution in [0.25, 0.3) is 0 Å². The molecule has 1 aromatic rings. The Labute approximate surface area is 71.2 Å². The molecule has 12 heavy (non-hydrogen) atoms. The largest absolute Gasteiger partial charge is 0.370 e. The molecule has 2 heteroatoms. The molecule has 0 spiro atoms. The standard InChI is InChI=1S/C10H11FO/c11-9-6-7-12-10(9)8-4-2-1-3-5-8/h1-5,9-10H,6-7H2/t9-,10+/m1/s1. The highest BCUT2D eigenvalue weighted by Gasteiger charge is 2.28. The van der Waals surface area contributed by atoms with Crippen molar-refractivity contribution in [1.29, 1.82) is 0 Å². The van der Waals surface area contributed by atoms with E-state index in [-0.39, 0.29) is 6.10 Å². The van der Waals surface area contributed by atoms with E-state index in [2.05, 4.69) is 0 Å². The first-order chi connectivity index (χ1) is 5.88. The molecule has 0 aromatic heterocycles. The number of hydrogen-bond donors (Lipinski definition) is 0. The van der Waals surface area contributed by atoms with Crippen LogP contribution in [0.4, 0.5) is 4.39 Å². The molecule has 0 radical (unpaired) electrons. The van der Waals surface area contributed by atoms with Crippen LogP contribution in [0.1, 0.15) is 18.1 Å². The minimum absolute atomic E-state index is 0.328. The molecule has 2 rings (SSSR count). The molecule has 0 N–H and O–H groups in total. The molecule has 1 heterocycles. The quantitative estimate of drug-likeness (QED) is 0.622. The molecule has 1 aromatic carbocycles. The van der Waals surface area contributed by atoms with Crippen molar-refractivity contribution in [3.8, 4) is 0 Å². The first kappa shape index (κ1) is 7.74. The van der Waals surface area contributed by atoms with E-state index < -0.39 is 6.17 Å². The lowest BCUT2D eigenvalue weighted by molar-refractivity contribution is 0.0778. The fourth-order valence-corrected chi connectivity index (χ4v) is 1.51. The van der Waals surface area contributed by atoms with Crippen molar-refractivity contribution < 1.29 is 9.13 Å². The van der Waals surface area contributed by atoms with Gasteiger partial charge < -0.3 is 4.74 Å². The molecule has 0 unspecified atom stereocenters. The topological polar surface area (TPSA) is 9.23 Å². The lowest BCUT2D eigenvalue weighted by atomic mass is 10.1. The van der Waals surface area contributed by atoms with Gasteiger partial charge in [-0.2, -0.15) is 0 Å². The molecule has 0 bridgehead atoms. The maximum absolute atomic E-state index is 13.1. The van der Waals surface area contributed by atoms with E-state index in [1.165, 1.54) is 0 Å². The van der Waals surface area contributed by atoms with E-state index in [9.17, 15) is 4.39 Å². The van der Waals surface area contributed by atoms with Crippen LogP contribution in [-0.2, 0) is 4.74 Å². The summed E-state index contributed by atoms with van der Waals surface area (Å²) in [6.45, 7) is 0.542. The van der Waals surface area contributed by atoms with Crippen LogP contribution in [0.5, 0.6) is 0 Å². The lowest BCUT2D eigenvalue weighted by Crippen LogP contribution is -2.06. The Hall–Kier alpha value is -0.890. The monoisotopic (exact) mass is 166 g/mol. The number of rotatable bonds is 1. The van der Waals surface area contributed by atoms with Crippen molar-refractivity contribution in [2.45, 2.75) is 18.7 Å². The van der Waals surface area contributed by atoms with Gasteiger partial charge in [0.15, 0.2) is 0 Å². The van der Waals surface area contributed by atoms with Crippen molar-refractivity contribution in [3.05, 3.63) is 35.9 Å². The van der Waals surface area contributed by atoms with Crippen molar-refractivity contribution in [2.24, 2.45) is 0 Å². The second-order valence-electron chi connectivity index (χ2n) is 3.01. The summed E-state index contributed by atoms with van der Waals surface area (Å²) < 4.78 is 18.4. The Morgan fingerprint density at radius 3 is 2.58 bits per heavy atom. The first-order valence-electron chi connectivity index (χ1n) is 4.18. The van der Waals surface area contributed by atoms with Crippen molar-refractivity contribution in [2.75, 3.05) is 6.61 Å². The highest BCUT2D eigenvalue weighted by molar-refractivity contribution is 5.19. The third-order valence-corrected chi connectivity index (χ3v) is 2.15. The van der Waals surface area contributed by atoms with Gasteiger partial charge in [-0.15, -0.1) is 0 Å². The molecule has 0 amide bonds. The second kappa shape index (κ2) is 3.23. The average Bonchev–Trinajstić information content (AvgIpc) is 2.53. The van der Waals surface area contributed by atoms with E-state index in [0.29, 0.717) is 13.0 Å². The van der Waals surface area contributed by atoms with Crippen LogP contribution in [-0.4, -0.2) is 12.8 Å². The molecule has 0 saturated carbocycles. The normalized spacial score (nSPS) is 29.1. The molecule has 1 fully saturated rings. The Balaban J connectivity index is 2.19. The maximum Gasteiger partial charge on any atom is 0.133 e. The summed E-state index contributed by atoms with van der Waals surface area (Å²) in [6.07, 6.45) is -0.627. The van der Waals surface area contributed by atoms with Crippen LogP contribution in [0.15, 0.2) is 30.3 Å². The van der Waals surface area contributed by atoms with E-state index in [4.69, 9.17) is 4.74 Å². The predicted molar refractivity (Wildman–Crippen MR) is 44.6 cm³/mol. The summed E-state index contributed by atoms with van der Waals surface area (Å²) in [5.41, 5.74) is 0.947. The average molecular weight is 166 g/mol. The highest BCUT2D eigenvalue weighted by atomic mass is 19.1. The third kappa shape index (κ3) is 1.34. The van der Waals surface area contributed by atoms with E-state index in [1.54, 1.807) is 0 Å². The second-order valence-corrected chi connectivity index (χ2v) is 3.01. The summed E-state index contributed by atoms with van der Waals surface area (Å²) in [4.78, 5) is 0.